The normalized spacial score (nSPS) is 10.4. The van der Waals surface area contributed by atoms with Crippen LogP contribution in [0.25, 0.3) is 0 Å². The maximum Gasteiger partial charge on any atom is 0.255 e. The van der Waals surface area contributed by atoms with Crippen LogP contribution in [-0.4, -0.2) is 18.6 Å². The molecule has 116 valence electrons. The van der Waals surface area contributed by atoms with Gasteiger partial charge in [-0.25, -0.2) is 0 Å². The topological polar surface area (TPSA) is 47.6 Å². The molecule has 0 heterocycles. The zero-order chi connectivity index (χ0) is 15.9. The molecule has 0 saturated carbocycles. The third-order valence-corrected chi connectivity index (χ3v) is 2.89. The summed E-state index contributed by atoms with van der Waals surface area (Å²) in [7, 11) is 0. The fraction of sp³-hybridized carbons (Fsp3) is 0.278. The van der Waals surface area contributed by atoms with Gasteiger partial charge < -0.3 is 14.8 Å². The Morgan fingerprint density at radius 3 is 2.45 bits per heavy atom. The molecule has 22 heavy (non-hydrogen) atoms. The van der Waals surface area contributed by atoms with Crippen LogP contribution in [0.2, 0.25) is 0 Å². The summed E-state index contributed by atoms with van der Waals surface area (Å²) < 4.78 is 11.0. The first-order valence-corrected chi connectivity index (χ1v) is 7.39. The molecule has 0 saturated heterocycles. The van der Waals surface area contributed by atoms with E-state index in [1.165, 1.54) is 0 Å². The highest BCUT2D eigenvalue weighted by Crippen LogP contribution is 2.18. The standard InChI is InChI=1S/C18H21NO3/c1-4-21-16-10-8-15(9-11-16)19-18(20)14-6-5-7-17(12-14)22-13(2)3/h5-13H,4H2,1-3H3,(H,19,20). The van der Waals surface area contributed by atoms with E-state index in [4.69, 9.17) is 9.47 Å². The average molecular weight is 299 g/mol. The van der Waals surface area contributed by atoms with Gasteiger partial charge in [-0.2, -0.15) is 0 Å². The van der Waals surface area contributed by atoms with Crippen LogP contribution in [0.4, 0.5) is 5.69 Å². The van der Waals surface area contributed by atoms with Crippen molar-refractivity contribution in [1.29, 1.82) is 0 Å². The Labute approximate surface area is 131 Å². The van der Waals surface area contributed by atoms with Crippen LogP contribution >= 0.6 is 0 Å². The molecule has 2 aromatic carbocycles. The minimum atomic E-state index is -0.168. The van der Waals surface area contributed by atoms with Gasteiger partial charge in [-0.15, -0.1) is 0 Å². The van der Waals surface area contributed by atoms with Crippen molar-refractivity contribution in [3.63, 3.8) is 0 Å². The lowest BCUT2D eigenvalue weighted by Crippen LogP contribution is -2.12. The second-order valence-corrected chi connectivity index (χ2v) is 5.11. The highest BCUT2D eigenvalue weighted by molar-refractivity contribution is 6.04. The second kappa shape index (κ2) is 7.50. The fourth-order valence-electron chi connectivity index (χ4n) is 1.99. The fourth-order valence-corrected chi connectivity index (χ4v) is 1.99. The number of carbonyl (C=O) groups excluding carboxylic acids is 1. The maximum atomic E-state index is 12.3. The van der Waals surface area contributed by atoms with Crippen LogP contribution in [-0.2, 0) is 0 Å². The Balaban J connectivity index is 2.05. The molecule has 0 aliphatic carbocycles. The van der Waals surface area contributed by atoms with E-state index in [-0.39, 0.29) is 12.0 Å². The zero-order valence-electron chi connectivity index (χ0n) is 13.1. The monoisotopic (exact) mass is 299 g/mol. The number of nitrogens with one attached hydrogen (secondary N) is 1. The molecule has 4 heteroatoms. The van der Waals surface area contributed by atoms with Crippen LogP contribution < -0.4 is 14.8 Å². The SMILES string of the molecule is CCOc1ccc(NC(=O)c2cccc(OC(C)C)c2)cc1. The van der Waals surface area contributed by atoms with E-state index in [1.54, 1.807) is 12.1 Å². The summed E-state index contributed by atoms with van der Waals surface area (Å²) >= 11 is 0. The number of carbonyl (C=O) groups is 1. The number of rotatable bonds is 6. The minimum Gasteiger partial charge on any atom is -0.494 e. The molecule has 0 atom stereocenters. The molecule has 2 aromatic rings. The van der Waals surface area contributed by atoms with E-state index in [2.05, 4.69) is 5.32 Å². The van der Waals surface area contributed by atoms with E-state index in [1.807, 2.05) is 57.2 Å². The molecule has 4 nitrogen and oxygen atoms in total. The highest BCUT2D eigenvalue weighted by Gasteiger charge is 2.08. The molecule has 0 fully saturated rings. The summed E-state index contributed by atoms with van der Waals surface area (Å²) in [6, 6.07) is 14.4. The molecule has 0 bridgehead atoms. The smallest absolute Gasteiger partial charge is 0.255 e. The van der Waals surface area contributed by atoms with E-state index in [0.717, 1.165) is 11.4 Å². The number of hydrogen-bond acceptors (Lipinski definition) is 3. The van der Waals surface area contributed by atoms with Crippen LogP contribution in [0.15, 0.2) is 48.5 Å². The van der Waals surface area contributed by atoms with Crippen molar-refractivity contribution in [2.45, 2.75) is 26.9 Å². The largest absolute Gasteiger partial charge is 0.494 e. The molecule has 0 aromatic heterocycles. The lowest BCUT2D eigenvalue weighted by Gasteiger charge is -2.11. The Hall–Kier alpha value is -2.49. The van der Waals surface area contributed by atoms with Crippen LogP contribution in [0.3, 0.4) is 0 Å². The third kappa shape index (κ3) is 4.52. The van der Waals surface area contributed by atoms with E-state index in [9.17, 15) is 4.79 Å². The maximum absolute atomic E-state index is 12.3. The van der Waals surface area contributed by atoms with E-state index in [0.29, 0.717) is 17.9 Å². The molecule has 2 rings (SSSR count). The van der Waals surface area contributed by atoms with Crippen LogP contribution in [0, 0.1) is 0 Å². The van der Waals surface area contributed by atoms with Gasteiger partial charge in [0.25, 0.3) is 5.91 Å². The molecule has 0 aliphatic rings. The molecular weight excluding hydrogens is 278 g/mol. The Bertz CT molecular complexity index is 620. The highest BCUT2D eigenvalue weighted by atomic mass is 16.5. The summed E-state index contributed by atoms with van der Waals surface area (Å²) in [5.74, 6) is 1.31. The predicted octanol–water partition coefficient (Wildman–Crippen LogP) is 4.12. The summed E-state index contributed by atoms with van der Waals surface area (Å²) in [6.45, 7) is 6.45. The van der Waals surface area contributed by atoms with Gasteiger partial charge in [-0.05, 0) is 63.2 Å². The van der Waals surface area contributed by atoms with Gasteiger partial charge in [-0.3, -0.25) is 4.79 Å². The lowest BCUT2D eigenvalue weighted by molar-refractivity contribution is 0.102. The van der Waals surface area contributed by atoms with Gasteiger partial charge in [-0.1, -0.05) is 6.07 Å². The Morgan fingerprint density at radius 1 is 1.09 bits per heavy atom. The summed E-state index contributed by atoms with van der Waals surface area (Å²) in [5, 5.41) is 2.86. The molecule has 0 spiro atoms. The predicted molar refractivity (Wildman–Crippen MR) is 87.8 cm³/mol. The van der Waals surface area contributed by atoms with E-state index >= 15 is 0 Å². The molecule has 0 radical (unpaired) electrons. The summed E-state index contributed by atoms with van der Waals surface area (Å²) in [4.78, 5) is 12.3. The second-order valence-electron chi connectivity index (χ2n) is 5.11. The Kier molecular flexibility index (Phi) is 5.42. The summed E-state index contributed by atoms with van der Waals surface area (Å²) in [6.07, 6.45) is 0.0735. The molecule has 1 N–H and O–H groups in total. The van der Waals surface area contributed by atoms with Gasteiger partial charge in [0.15, 0.2) is 0 Å². The van der Waals surface area contributed by atoms with Crippen molar-refractivity contribution >= 4 is 11.6 Å². The zero-order valence-corrected chi connectivity index (χ0v) is 13.1. The van der Waals surface area contributed by atoms with Gasteiger partial charge >= 0.3 is 0 Å². The minimum absolute atomic E-state index is 0.0735. The van der Waals surface area contributed by atoms with Crippen molar-refractivity contribution in [3.05, 3.63) is 54.1 Å². The quantitative estimate of drug-likeness (QED) is 0.872. The van der Waals surface area contributed by atoms with Gasteiger partial charge in [0.1, 0.15) is 11.5 Å². The summed E-state index contributed by atoms with van der Waals surface area (Å²) in [5.41, 5.74) is 1.29. The number of amides is 1. The van der Waals surface area contributed by atoms with Crippen molar-refractivity contribution in [3.8, 4) is 11.5 Å². The molecule has 1 amide bonds. The third-order valence-electron chi connectivity index (χ3n) is 2.89. The molecule has 0 aliphatic heterocycles. The van der Waals surface area contributed by atoms with Gasteiger partial charge in [0.2, 0.25) is 0 Å². The number of benzene rings is 2. The van der Waals surface area contributed by atoms with Crippen LogP contribution in [0.5, 0.6) is 11.5 Å². The van der Waals surface area contributed by atoms with Crippen LogP contribution in [0.1, 0.15) is 31.1 Å². The molecule has 0 unspecified atom stereocenters. The van der Waals surface area contributed by atoms with Crippen molar-refractivity contribution in [1.82, 2.24) is 0 Å². The average Bonchev–Trinajstić information content (AvgIpc) is 2.49. The van der Waals surface area contributed by atoms with Gasteiger partial charge in [0.05, 0.1) is 12.7 Å². The first-order chi connectivity index (χ1) is 10.6. The molecular formula is C18H21NO3. The lowest BCUT2D eigenvalue weighted by atomic mass is 10.2. The number of ether oxygens (including phenoxy) is 2. The van der Waals surface area contributed by atoms with Crippen molar-refractivity contribution < 1.29 is 14.3 Å². The Morgan fingerprint density at radius 2 is 1.82 bits per heavy atom. The number of anilines is 1. The number of hydrogen-bond donors (Lipinski definition) is 1. The van der Waals surface area contributed by atoms with E-state index < -0.39 is 0 Å². The first kappa shape index (κ1) is 15.9. The first-order valence-electron chi connectivity index (χ1n) is 7.39. The van der Waals surface area contributed by atoms with Crippen molar-refractivity contribution in [2.75, 3.05) is 11.9 Å². The van der Waals surface area contributed by atoms with Gasteiger partial charge in [0, 0.05) is 11.3 Å². The van der Waals surface area contributed by atoms with Crippen molar-refractivity contribution in [2.24, 2.45) is 0 Å².